The van der Waals surface area contributed by atoms with Gasteiger partial charge in [0.2, 0.25) is 0 Å². The maximum atomic E-state index is 13.1. The second kappa shape index (κ2) is 4.70. The SMILES string of the molecule is CN(Cc1ccc(F)cc1F)C(=O)NN. The van der Waals surface area contributed by atoms with Crippen molar-refractivity contribution >= 4 is 6.03 Å². The van der Waals surface area contributed by atoms with Crippen LogP contribution in [-0.2, 0) is 6.54 Å². The predicted octanol–water partition coefficient (Wildman–Crippen LogP) is 0.980. The van der Waals surface area contributed by atoms with Gasteiger partial charge in [-0.2, -0.15) is 0 Å². The number of hydrogen-bond donors (Lipinski definition) is 2. The zero-order chi connectivity index (χ0) is 11.4. The number of rotatable bonds is 2. The van der Waals surface area contributed by atoms with E-state index in [4.69, 9.17) is 5.84 Å². The van der Waals surface area contributed by atoms with Gasteiger partial charge < -0.3 is 4.90 Å². The molecule has 3 N–H and O–H groups in total. The van der Waals surface area contributed by atoms with E-state index in [2.05, 4.69) is 0 Å². The summed E-state index contributed by atoms with van der Waals surface area (Å²) in [5, 5.41) is 0. The van der Waals surface area contributed by atoms with E-state index in [-0.39, 0.29) is 12.1 Å². The van der Waals surface area contributed by atoms with Gasteiger partial charge in [0, 0.05) is 25.2 Å². The molecule has 0 spiro atoms. The molecule has 6 heteroatoms. The molecule has 1 aromatic rings. The van der Waals surface area contributed by atoms with Gasteiger partial charge in [0.1, 0.15) is 11.6 Å². The molecule has 0 saturated carbocycles. The average molecular weight is 215 g/mol. The first-order chi connectivity index (χ1) is 7.04. The Balaban J connectivity index is 2.76. The van der Waals surface area contributed by atoms with Gasteiger partial charge in [-0.15, -0.1) is 0 Å². The third kappa shape index (κ3) is 2.88. The molecule has 0 fully saturated rings. The largest absolute Gasteiger partial charge is 0.331 e. The third-order valence-corrected chi connectivity index (χ3v) is 1.89. The summed E-state index contributed by atoms with van der Waals surface area (Å²) in [6.45, 7) is 0.0230. The molecule has 15 heavy (non-hydrogen) atoms. The molecule has 2 amide bonds. The van der Waals surface area contributed by atoms with Crippen LogP contribution >= 0.6 is 0 Å². The van der Waals surface area contributed by atoms with E-state index in [9.17, 15) is 13.6 Å². The van der Waals surface area contributed by atoms with Crippen LogP contribution in [0.3, 0.4) is 0 Å². The highest BCUT2D eigenvalue weighted by Gasteiger charge is 2.10. The van der Waals surface area contributed by atoms with Crippen LogP contribution in [0.4, 0.5) is 13.6 Å². The second-order valence-electron chi connectivity index (χ2n) is 3.04. The molecule has 0 radical (unpaired) electrons. The minimum atomic E-state index is -0.688. The van der Waals surface area contributed by atoms with Gasteiger partial charge in [-0.3, -0.25) is 5.43 Å². The summed E-state index contributed by atoms with van der Waals surface area (Å²) in [6, 6.07) is 2.64. The van der Waals surface area contributed by atoms with Gasteiger partial charge in [0.05, 0.1) is 0 Å². The van der Waals surface area contributed by atoms with Gasteiger partial charge in [-0.1, -0.05) is 6.07 Å². The van der Waals surface area contributed by atoms with Crippen molar-refractivity contribution in [3.05, 3.63) is 35.4 Å². The molecule has 4 nitrogen and oxygen atoms in total. The summed E-state index contributed by atoms with van der Waals surface area (Å²) in [5.74, 6) is 3.55. The molecule has 0 saturated heterocycles. The number of amides is 2. The van der Waals surface area contributed by atoms with Gasteiger partial charge in [0.15, 0.2) is 0 Å². The van der Waals surface area contributed by atoms with Crippen molar-refractivity contribution in [1.29, 1.82) is 0 Å². The van der Waals surface area contributed by atoms with Gasteiger partial charge >= 0.3 is 6.03 Å². The highest BCUT2D eigenvalue weighted by Crippen LogP contribution is 2.11. The average Bonchev–Trinajstić information content (AvgIpc) is 2.20. The lowest BCUT2D eigenvalue weighted by molar-refractivity contribution is 0.206. The van der Waals surface area contributed by atoms with Crippen molar-refractivity contribution < 1.29 is 13.6 Å². The first-order valence-corrected chi connectivity index (χ1v) is 4.20. The van der Waals surface area contributed by atoms with Gasteiger partial charge in [-0.05, 0) is 6.07 Å². The summed E-state index contributed by atoms with van der Waals surface area (Å²) >= 11 is 0. The molecular formula is C9H11F2N3O. The predicted molar refractivity (Wildman–Crippen MR) is 50.5 cm³/mol. The molecule has 0 atom stereocenters. The number of benzene rings is 1. The number of halogens is 2. The summed E-state index contributed by atoms with van der Waals surface area (Å²) in [4.78, 5) is 12.2. The molecule has 0 unspecified atom stereocenters. The number of hydrogen-bond acceptors (Lipinski definition) is 2. The third-order valence-electron chi connectivity index (χ3n) is 1.89. The van der Waals surface area contributed by atoms with Crippen LogP contribution in [0.15, 0.2) is 18.2 Å². The van der Waals surface area contributed by atoms with Crippen molar-refractivity contribution in [1.82, 2.24) is 10.3 Å². The Morgan fingerprint density at radius 1 is 1.53 bits per heavy atom. The zero-order valence-corrected chi connectivity index (χ0v) is 8.13. The van der Waals surface area contributed by atoms with Gasteiger partial charge in [0.25, 0.3) is 0 Å². The topological polar surface area (TPSA) is 58.4 Å². The minimum Gasteiger partial charge on any atom is -0.322 e. The first kappa shape index (κ1) is 11.4. The van der Waals surface area contributed by atoms with Crippen LogP contribution in [0.1, 0.15) is 5.56 Å². The Morgan fingerprint density at radius 3 is 2.73 bits per heavy atom. The van der Waals surface area contributed by atoms with Crippen LogP contribution in [0, 0.1) is 11.6 Å². The van der Waals surface area contributed by atoms with E-state index >= 15 is 0 Å². The number of nitrogens with zero attached hydrogens (tertiary/aromatic N) is 1. The van der Waals surface area contributed by atoms with Crippen LogP contribution in [0.25, 0.3) is 0 Å². The number of nitrogens with one attached hydrogen (secondary N) is 1. The van der Waals surface area contributed by atoms with E-state index in [1.165, 1.54) is 18.0 Å². The van der Waals surface area contributed by atoms with Crippen molar-refractivity contribution in [2.24, 2.45) is 5.84 Å². The number of carbonyl (C=O) groups excluding carboxylic acids is 1. The fraction of sp³-hybridized carbons (Fsp3) is 0.222. The van der Waals surface area contributed by atoms with E-state index < -0.39 is 17.7 Å². The molecule has 1 aromatic carbocycles. The summed E-state index contributed by atoms with van der Waals surface area (Å²) in [5.41, 5.74) is 2.13. The zero-order valence-electron chi connectivity index (χ0n) is 8.13. The fourth-order valence-corrected chi connectivity index (χ4v) is 1.09. The normalized spacial score (nSPS) is 9.87. The highest BCUT2D eigenvalue weighted by molar-refractivity contribution is 5.73. The second-order valence-corrected chi connectivity index (χ2v) is 3.04. The Morgan fingerprint density at radius 2 is 2.20 bits per heavy atom. The lowest BCUT2D eigenvalue weighted by Crippen LogP contribution is -2.40. The maximum absolute atomic E-state index is 13.1. The summed E-state index contributed by atoms with van der Waals surface area (Å²) in [6.07, 6.45) is 0. The Hall–Kier alpha value is -1.69. The van der Waals surface area contributed by atoms with E-state index in [0.717, 1.165) is 12.1 Å². The molecule has 0 aromatic heterocycles. The Labute approximate surface area is 85.6 Å². The van der Waals surface area contributed by atoms with Crippen molar-refractivity contribution in [2.45, 2.75) is 6.54 Å². The van der Waals surface area contributed by atoms with E-state index in [1.807, 2.05) is 5.43 Å². The Kier molecular flexibility index (Phi) is 3.56. The highest BCUT2D eigenvalue weighted by atomic mass is 19.1. The smallest absolute Gasteiger partial charge is 0.322 e. The minimum absolute atomic E-state index is 0.0230. The molecule has 0 aliphatic carbocycles. The van der Waals surface area contributed by atoms with Crippen molar-refractivity contribution in [3.63, 3.8) is 0 Å². The van der Waals surface area contributed by atoms with Crippen LogP contribution in [0.5, 0.6) is 0 Å². The van der Waals surface area contributed by atoms with Crippen LogP contribution in [-0.4, -0.2) is 18.0 Å². The quantitative estimate of drug-likeness (QED) is 0.439. The van der Waals surface area contributed by atoms with Crippen molar-refractivity contribution in [2.75, 3.05) is 7.05 Å². The lowest BCUT2D eigenvalue weighted by Gasteiger charge is -2.16. The standard InChI is InChI=1S/C9H11F2N3O/c1-14(9(15)13-12)5-6-2-3-7(10)4-8(6)11/h2-4H,5,12H2,1H3,(H,13,15). The summed E-state index contributed by atoms with van der Waals surface area (Å²) in [7, 11) is 1.45. The molecule has 0 bridgehead atoms. The Bertz CT molecular complexity index is 370. The molecule has 82 valence electrons. The molecule has 1 rings (SSSR count). The monoisotopic (exact) mass is 215 g/mol. The van der Waals surface area contributed by atoms with Gasteiger partial charge in [-0.25, -0.2) is 19.4 Å². The maximum Gasteiger partial charge on any atom is 0.331 e. The fourth-order valence-electron chi connectivity index (χ4n) is 1.09. The van der Waals surface area contributed by atoms with Crippen molar-refractivity contribution in [3.8, 4) is 0 Å². The lowest BCUT2D eigenvalue weighted by atomic mass is 10.2. The number of carbonyl (C=O) groups is 1. The molecule has 0 heterocycles. The van der Waals surface area contributed by atoms with Crippen LogP contribution in [0.2, 0.25) is 0 Å². The van der Waals surface area contributed by atoms with E-state index in [1.54, 1.807) is 0 Å². The molecule has 0 aliphatic rings. The number of urea groups is 1. The molecular weight excluding hydrogens is 204 g/mol. The number of hydrazine groups is 1. The molecule has 0 aliphatic heterocycles. The summed E-state index contributed by atoms with van der Waals surface area (Å²) < 4.78 is 25.7. The first-order valence-electron chi connectivity index (χ1n) is 4.20. The van der Waals surface area contributed by atoms with E-state index in [0.29, 0.717) is 0 Å². The van der Waals surface area contributed by atoms with Crippen LogP contribution < -0.4 is 11.3 Å². The number of nitrogens with two attached hydrogens (primary N) is 1.